The Labute approximate surface area is 139 Å². The Morgan fingerprint density at radius 1 is 1.39 bits per heavy atom. The van der Waals surface area contributed by atoms with E-state index in [1.807, 2.05) is 0 Å². The number of carbonyl (C=O) groups excluding carboxylic acids is 1. The lowest BCUT2D eigenvalue weighted by molar-refractivity contribution is -0.137. The number of hydrogen-bond acceptors (Lipinski definition) is 5. The van der Waals surface area contributed by atoms with Crippen molar-refractivity contribution < 1.29 is 23.1 Å². The molecule has 1 saturated heterocycles. The first kappa shape index (κ1) is 17.9. The molecule has 1 aromatic rings. The van der Waals surface area contributed by atoms with Gasteiger partial charge in [0.15, 0.2) is 0 Å². The van der Waals surface area contributed by atoms with E-state index in [0.29, 0.717) is 19.5 Å². The first-order valence-electron chi connectivity index (χ1n) is 7.42. The summed E-state index contributed by atoms with van der Waals surface area (Å²) in [6, 6.07) is 1.11. The minimum atomic E-state index is -3.64. The van der Waals surface area contributed by atoms with E-state index in [4.69, 9.17) is 5.11 Å². The summed E-state index contributed by atoms with van der Waals surface area (Å²) in [5, 5.41) is 12.9. The Morgan fingerprint density at radius 2 is 2.04 bits per heavy atom. The summed E-state index contributed by atoms with van der Waals surface area (Å²) in [4.78, 5) is 23.1. The van der Waals surface area contributed by atoms with Crippen LogP contribution < -0.4 is 5.32 Å². The Morgan fingerprint density at radius 3 is 2.65 bits per heavy atom. The number of nitrogens with zero attached hydrogens (tertiary/aromatic N) is 1. The highest BCUT2D eigenvalue weighted by Crippen LogP contribution is 2.27. The van der Waals surface area contributed by atoms with E-state index in [1.54, 1.807) is 12.3 Å². The summed E-state index contributed by atoms with van der Waals surface area (Å²) in [5.41, 5.74) is 0. The van der Waals surface area contributed by atoms with Crippen molar-refractivity contribution in [1.82, 2.24) is 9.62 Å². The Balaban J connectivity index is 2.11. The van der Waals surface area contributed by atoms with Crippen LogP contribution in [0.4, 0.5) is 0 Å². The molecule has 1 aliphatic rings. The summed E-state index contributed by atoms with van der Waals surface area (Å²) < 4.78 is 26.6. The van der Waals surface area contributed by atoms with Crippen LogP contribution in [0.5, 0.6) is 0 Å². The van der Waals surface area contributed by atoms with Gasteiger partial charge in [0, 0.05) is 25.6 Å². The third-order valence-corrected chi connectivity index (χ3v) is 6.67. The quantitative estimate of drug-likeness (QED) is 0.767. The number of carboxylic acid groups (broad SMARTS) is 1. The molecule has 1 aliphatic heterocycles. The van der Waals surface area contributed by atoms with Gasteiger partial charge in [-0.05, 0) is 37.6 Å². The summed E-state index contributed by atoms with van der Waals surface area (Å²) in [7, 11) is -3.64. The zero-order valence-electron chi connectivity index (χ0n) is 12.8. The van der Waals surface area contributed by atoms with Crippen LogP contribution in [-0.2, 0) is 14.8 Å². The number of rotatable bonds is 7. The Kier molecular flexibility index (Phi) is 5.77. The molecule has 1 unspecified atom stereocenters. The van der Waals surface area contributed by atoms with Gasteiger partial charge in [-0.15, -0.1) is 11.3 Å². The zero-order chi connectivity index (χ0) is 17.0. The molecule has 0 aromatic carbocycles. The van der Waals surface area contributed by atoms with Gasteiger partial charge < -0.3 is 10.4 Å². The van der Waals surface area contributed by atoms with Crippen LogP contribution in [0.3, 0.4) is 0 Å². The smallest absolute Gasteiger partial charge is 0.303 e. The minimum absolute atomic E-state index is 0.0346. The van der Waals surface area contributed by atoms with Crippen molar-refractivity contribution in [2.45, 2.75) is 43.5 Å². The van der Waals surface area contributed by atoms with Gasteiger partial charge in [0.2, 0.25) is 10.0 Å². The van der Waals surface area contributed by atoms with Gasteiger partial charge in [-0.25, -0.2) is 8.42 Å². The van der Waals surface area contributed by atoms with Crippen molar-refractivity contribution >= 4 is 33.2 Å². The Bertz CT molecular complexity index is 677. The number of amides is 1. The second-order valence-electron chi connectivity index (χ2n) is 5.53. The third-order valence-electron chi connectivity index (χ3n) is 3.69. The molecule has 2 N–H and O–H groups in total. The van der Waals surface area contributed by atoms with Gasteiger partial charge in [-0.3, -0.25) is 9.59 Å². The second kappa shape index (κ2) is 7.41. The van der Waals surface area contributed by atoms with E-state index >= 15 is 0 Å². The first-order chi connectivity index (χ1) is 10.8. The largest absolute Gasteiger partial charge is 0.481 e. The van der Waals surface area contributed by atoms with Crippen molar-refractivity contribution in [3.05, 3.63) is 16.3 Å². The number of aliphatic carboxylic acids is 1. The maximum Gasteiger partial charge on any atom is 0.303 e. The number of nitrogens with one attached hydrogen (secondary N) is 1. The van der Waals surface area contributed by atoms with Gasteiger partial charge in [-0.1, -0.05) is 0 Å². The Hall–Kier alpha value is -1.45. The predicted octanol–water partition coefficient (Wildman–Crippen LogP) is 1.52. The molecule has 1 aromatic heterocycles. The molecule has 1 fully saturated rings. The number of thiophene rings is 1. The summed E-state index contributed by atoms with van der Waals surface area (Å²) in [6.45, 7) is 2.66. The van der Waals surface area contributed by atoms with Crippen LogP contribution in [0.2, 0.25) is 0 Å². The number of sulfonamides is 1. The van der Waals surface area contributed by atoms with E-state index in [9.17, 15) is 18.0 Å². The molecule has 7 nitrogen and oxygen atoms in total. The normalized spacial score (nSPS) is 17.1. The molecule has 1 amide bonds. The highest BCUT2D eigenvalue weighted by molar-refractivity contribution is 7.89. The molecule has 0 radical (unpaired) electrons. The van der Waals surface area contributed by atoms with Gasteiger partial charge >= 0.3 is 5.97 Å². The monoisotopic (exact) mass is 360 g/mol. The predicted molar refractivity (Wildman–Crippen MR) is 86.1 cm³/mol. The zero-order valence-corrected chi connectivity index (χ0v) is 14.5. The van der Waals surface area contributed by atoms with Crippen molar-refractivity contribution in [3.63, 3.8) is 0 Å². The lowest BCUT2D eigenvalue weighted by Crippen LogP contribution is -2.34. The van der Waals surface area contributed by atoms with Crippen LogP contribution in [0, 0.1) is 0 Å². The first-order valence-corrected chi connectivity index (χ1v) is 9.74. The third kappa shape index (κ3) is 4.30. The molecule has 2 rings (SSSR count). The highest BCUT2D eigenvalue weighted by Gasteiger charge is 2.32. The van der Waals surface area contributed by atoms with E-state index in [-0.39, 0.29) is 22.2 Å². The molecule has 0 spiro atoms. The van der Waals surface area contributed by atoms with Crippen LogP contribution >= 0.6 is 11.3 Å². The SMILES string of the molecule is CC(CCC(=O)O)NC(=O)c1sccc1S(=O)(=O)N1CCCC1. The van der Waals surface area contributed by atoms with E-state index in [1.165, 1.54) is 10.4 Å². The van der Waals surface area contributed by atoms with Crippen molar-refractivity contribution in [1.29, 1.82) is 0 Å². The maximum absolute atomic E-state index is 12.6. The highest BCUT2D eigenvalue weighted by atomic mass is 32.2. The standard InChI is InChI=1S/C14H20N2O5S2/c1-10(4-5-12(17)18)15-14(19)13-11(6-9-22-13)23(20,21)16-7-2-3-8-16/h6,9-10H,2-5,7-8H2,1H3,(H,15,19)(H,17,18). The molecule has 9 heteroatoms. The fourth-order valence-corrected chi connectivity index (χ4v) is 5.26. The summed E-state index contributed by atoms with van der Waals surface area (Å²) >= 11 is 1.08. The molecule has 0 saturated carbocycles. The molecular weight excluding hydrogens is 340 g/mol. The number of carbonyl (C=O) groups is 2. The average molecular weight is 360 g/mol. The van der Waals surface area contributed by atoms with Crippen LogP contribution in [0.25, 0.3) is 0 Å². The summed E-state index contributed by atoms with van der Waals surface area (Å²) in [5.74, 6) is -1.41. The van der Waals surface area contributed by atoms with Gasteiger partial charge in [-0.2, -0.15) is 4.31 Å². The topological polar surface area (TPSA) is 104 Å². The fraction of sp³-hybridized carbons (Fsp3) is 0.571. The molecular formula is C14H20N2O5S2. The van der Waals surface area contributed by atoms with Crippen LogP contribution in [0.1, 0.15) is 42.3 Å². The molecule has 0 aliphatic carbocycles. The van der Waals surface area contributed by atoms with Gasteiger partial charge in [0.1, 0.15) is 9.77 Å². The van der Waals surface area contributed by atoms with Crippen LogP contribution in [0.15, 0.2) is 16.3 Å². The minimum Gasteiger partial charge on any atom is -0.481 e. The number of hydrogen-bond donors (Lipinski definition) is 2. The average Bonchev–Trinajstić information content (AvgIpc) is 3.16. The molecule has 128 valence electrons. The van der Waals surface area contributed by atoms with E-state index < -0.39 is 21.9 Å². The van der Waals surface area contributed by atoms with Gasteiger partial charge in [0.05, 0.1) is 0 Å². The lowest BCUT2D eigenvalue weighted by Gasteiger charge is -2.17. The van der Waals surface area contributed by atoms with E-state index in [0.717, 1.165) is 24.2 Å². The number of carboxylic acids is 1. The maximum atomic E-state index is 12.6. The lowest BCUT2D eigenvalue weighted by atomic mass is 10.2. The van der Waals surface area contributed by atoms with Crippen molar-refractivity contribution in [2.24, 2.45) is 0 Å². The second-order valence-corrected chi connectivity index (χ2v) is 8.35. The summed E-state index contributed by atoms with van der Waals surface area (Å²) in [6.07, 6.45) is 1.90. The molecule has 23 heavy (non-hydrogen) atoms. The molecule has 0 bridgehead atoms. The van der Waals surface area contributed by atoms with Crippen LogP contribution in [-0.4, -0.2) is 48.8 Å². The van der Waals surface area contributed by atoms with Crippen molar-refractivity contribution in [2.75, 3.05) is 13.1 Å². The van der Waals surface area contributed by atoms with Gasteiger partial charge in [0.25, 0.3) is 5.91 Å². The molecule has 2 heterocycles. The van der Waals surface area contributed by atoms with E-state index in [2.05, 4.69) is 5.32 Å². The van der Waals surface area contributed by atoms with Crippen molar-refractivity contribution in [3.8, 4) is 0 Å². The fourth-order valence-electron chi connectivity index (χ4n) is 2.44. The molecule has 1 atom stereocenters.